The van der Waals surface area contributed by atoms with E-state index in [1.807, 2.05) is 6.92 Å². The second kappa shape index (κ2) is 9.08. The average Bonchev–Trinajstić information content (AvgIpc) is 2.69. The van der Waals surface area contributed by atoms with Crippen molar-refractivity contribution in [1.82, 2.24) is 9.13 Å². The van der Waals surface area contributed by atoms with Gasteiger partial charge in [0.1, 0.15) is 0 Å². The van der Waals surface area contributed by atoms with Crippen molar-refractivity contribution < 1.29 is 9.53 Å². The molecule has 0 unspecified atom stereocenters. The zero-order chi connectivity index (χ0) is 20.1. The van der Waals surface area contributed by atoms with Crippen molar-refractivity contribution in [2.45, 2.75) is 65.5 Å². The van der Waals surface area contributed by atoms with Crippen molar-refractivity contribution in [2.24, 2.45) is 5.92 Å². The van der Waals surface area contributed by atoms with Crippen molar-refractivity contribution >= 4 is 22.7 Å². The molecule has 1 aliphatic carbocycles. The van der Waals surface area contributed by atoms with Gasteiger partial charge in [0.05, 0.1) is 17.5 Å². The second-order valence-electron chi connectivity index (χ2n) is 7.35. The van der Waals surface area contributed by atoms with E-state index in [1.54, 1.807) is 29.7 Å². The van der Waals surface area contributed by atoms with Crippen LogP contribution in [-0.4, -0.2) is 21.8 Å². The summed E-state index contributed by atoms with van der Waals surface area (Å²) in [5.74, 6) is 0.586. The number of hydrogen-bond acceptors (Lipinski definition) is 4. The first-order chi connectivity index (χ1) is 13.5. The third kappa shape index (κ3) is 4.29. The Kier molecular flexibility index (Phi) is 6.54. The molecule has 1 aromatic heterocycles. The van der Waals surface area contributed by atoms with Crippen LogP contribution < -0.4 is 16.6 Å². The van der Waals surface area contributed by atoms with E-state index in [2.05, 4.69) is 5.32 Å². The van der Waals surface area contributed by atoms with E-state index in [-0.39, 0.29) is 17.9 Å². The lowest BCUT2D eigenvalue weighted by Gasteiger charge is -2.22. The molecule has 0 radical (unpaired) electrons. The third-order valence-electron chi connectivity index (χ3n) is 5.55. The number of aryl methyl sites for hydroxylation is 1. The maximum atomic E-state index is 13.1. The summed E-state index contributed by atoms with van der Waals surface area (Å²) in [4.78, 5) is 37.6. The summed E-state index contributed by atoms with van der Waals surface area (Å²) in [5, 5.41) is 3.05. The Morgan fingerprint density at radius 1 is 1.14 bits per heavy atom. The van der Waals surface area contributed by atoms with E-state index in [0.29, 0.717) is 35.6 Å². The van der Waals surface area contributed by atoms with Gasteiger partial charge in [0.25, 0.3) is 5.56 Å². The van der Waals surface area contributed by atoms with Crippen LogP contribution in [-0.2, 0) is 17.8 Å². The van der Waals surface area contributed by atoms with E-state index in [0.717, 1.165) is 6.42 Å². The van der Waals surface area contributed by atoms with Gasteiger partial charge in [0.2, 0.25) is 0 Å². The van der Waals surface area contributed by atoms with Crippen LogP contribution in [0.15, 0.2) is 27.8 Å². The van der Waals surface area contributed by atoms with Gasteiger partial charge in [-0.05, 0) is 44.4 Å². The number of carbonyl (C=O) groups excluding carboxylic acids is 1. The predicted octanol–water partition coefficient (Wildman–Crippen LogP) is 3.72. The van der Waals surface area contributed by atoms with Crippen molar-refractivity contribution in [2.75, 3.05) is 11.9 Å². The molecule has 1 N–H and O–H groups in total. The summed E-state index contributed by atoms with van der Waals surface area (Å²) < 4.78 is 7.87. The summed E-state index contributed by atoms with van der Waals surface area (Å²) in [6, 6.07) is 5.00. The zero-order valence-corrected chi connectivity index (χ0v) is 16.7. The van der Waals surface area contributed by atoms with Crippen molar-refractivity contribution in [3.63, 3.8) is 0 Å². The SMILES string of the molecule is CCOC(=O)Nc1ccc2c(c1)c(=O)n(CCC1CCCCC1)c(=O)n2CC. The number of nitrogens with one attached hydrogen (secondary N) is 1. The Morgan fingerprint density at radius 3 is 2.57 bits per heavy atom. The van der Waals surface area contributed by atoms with Gasteiger partial charge in [-0.25, -0.2) is 9.59 Å². The van der Waals surface area contributed by atoms with Crippen LogP contribution in [0.3, 0.4) is 0 Å². The van der Waals surface area contributed by atoms with E-state index >= 15 is 0 Å². The topological polar surface area (TPSA) is 82.3 Å². The first-order valence-corrected chi connectivity index (χ1v) is 10.3. The molecule has 1 heterocycles. The molecule has 1 saturated carbocycles. The highest BCUT2D eigenvalue weighted by molar-refractivity contribution is 5.89. The number of aromatic nitrogens is 2. The highest BCUT2D eigenvalue weighted by Crippen LogP contribution is 2.26. The molecule has 3 rings (SSSR count). The van der Waals surface area contributed by atoms with E-state index in [1.165, 1.54) is 36.7 Å². The highest BCUT2D eigenvalue weighted by atomic mass is 16.5. The normalized spacial score (nSPS) is 14.9. The molecule has 1 aliphatic rings. The molecular formula is C21H29N3O4. The third-order valence-corrected chi connectivity index (χ3v) is 5.55. The van der Waals surface area contributed by atoms with E-state index < -0.39 is 6.09 Å². The van der Waals surface area contributed by atoms with Gasteiger partial charge in [-0.1, -0.05) is 32.1 Å². The van der Waals surface area contributed by atoms with E-state index in [9.17, 15) is 14.4 Å². The number of amides is 1. The minimum atomic E-state index is -0.566. The van der Waals surface area contributed by atoms with Crippen LogP contribution in [0.25, 0.3) is 10.9 Å². The summed E-state index contributed by atoms with van der Waals surface area (Å²) in [7, 11) is 0. The molecule has 2 aromatic rings. The van der Waals surface area contributed by atoms with E-state index in [4.69, 9.17) is 4.74 Å². The number of rotatable bonds is 6. The van der Waals surface area contributed by atoms with Gasteiger partial charge >= 0.3 is 11.8 Å². The smallest absolute Gasteiger partial charge is 0.411 e. The minimum absolute atomic E-state index is 0.262. The van der Waals surface area contributed by atoms with Gasteiger partial charge in [-0.3, -0.25) is 19.2 Å². The highest BCUT2D eigenvalue weighted by Gasteiger charge is 2.17. The number of fused-ring (bicyclic) bond motifs is 1. The molecule has 0 bridgehead atoms. The molecule has 0 aliphatic heterocycles. The molecule has 0 atom stereocenters. The maximum Gasteiger partial charge on any atom is 0.411 e. The van der Waals surface area contributed by atoms with Crippen LogP contribution >= 0.6 is 0 Å². The van der Waals surface area contributed by atoms with Crippen LogP contribution in [0.2, 0.25) is 0 Å². The second-order valence-corrected chi connectivity index (χ2v) is 7.35. The fourth-order valence-electron chi connectivity index (χ4n) is 4.08. The summed E-state index contributed by atoms with van der Waals surface area (Å²) >= 11 is 0. The number of nitrogens with zero attached hydrogens (tertiary/aromatic N) is 2. The lowest BCUT2D eigenvalue weighted by Crippen LogP contribution is -2.40. The minimum Gasteiger partial charge on any atom is -0.450 e. The Balaban J connectivity index is 1.96. The van der Waals surface area contributed by atoms with Gasteiger partial charge < -0.3 is 4.74 Å². The van der Waals surface area contributed by atoms with Crippen LogP contribution in [0.5, 0.6) is 0 Å². The Morgan fingerprint density at radius 2 is 1.89 bits per heavy atom. The first kappa shape index (κ1) is 20.2. The number of anilines is 1. The lowest BCUT2D eigenvalue weighted by atomic mass is 9.87. The largest absolute Gasteiger partial charge is 0.450 e. The van der Waals surface area contributed by atoms with Gasteiger partial charge in [0, 0.05) is 18.8 Å². The molecule has 0 saturated heterocycles. The fourth-order valence-corrected chi connectivity index (χ4v) is 4.08. The molecular weight excluding hydrogens is 358 g/mol. The predicted molar refractivity (Wildman–Crippen MR) is 110 cm³/mol. The van der Waals surface area contributed by atoms with Gasteiger partial charge in [-0.15, -0.1) is 0 Å². The van der Waals surface area contributed by atoms with Crippen LogP contribution in [0.1, 0.15) is 52.4 Å². The molecule has 152 valence electrons. The molecule has 1 fully saturated rings. The standard InChI is InChI=1S/C21H29N3O4/c1-3-23-18-11-10-16(22-20(26)28-4-2)14-17(18)19(25)24(21(23)27)13-12-15-8-6-5-7-9-15/h10-11,14-15H,3-9,12-13H2,1-2H3,(H,22,26). The summed E-state index contributed by atoms with van der Waals surface area (Å²) in [5.41, 5.74) is 0.499. The number of ether oxygens (including phenoxy) is 1. The molecule has 28 heavy (non-hydrogen) atoms. The van der Waals surface area contributed by atoms with Crippen LogP contribution in [0, 0.1) is 5.92 Å². The monoisotopic (exact) mass is 387 g/mol. The molecule has 0 spiro atoms. The Labute approximate surface area is 164 Å². The van der Waals surface area contributed by atoms with Crippen LogP contribution in [0.4, 0.5) is 10.5 Å². The van der Waals surface area contributed by atoms with Gasteiger partial charge in [-0.2, -0.15) is 0 Å². The van der Waals surface area contributed by atoms with Crippen molar-refractivity contribution in [3.05, 3.63) is 39.0 Å². The van der Waals surface area contributed by atoms with Gasteiger partial charge in [0.15, 0.2) is 0 Å². The maximum absolute atomic E-state index is 13.1. The molecule has 1 amide bonds. The summed E-state index contributed by atoms with van der Waals surface area (Å²) in [6.07, 6.45) is 6.40. The Hall–Kier alpha value is -2.57. The Bertz CT molecular complexity index is 955. The zero-order valence-electron chi connectivity index (χ0n) is 16.7. The summed E-state index contributed by atoms with van der Waals surface area (Å²) in [6.45, 7) is 4.80. The molecule has 7 heteroatoms. The van der Waals surface area contributed by atoms with Crippen molar-refractivity contribution in [1.29, 1.82) is 0 Å². The molecule has 7 nitrogen and oxygen atoms in total. The average molecular weight is 387 g/mol. The number of carbonyl (C=O) groups is 1. The van der Waals surface area contributed by atoms with Crippen molar-refractivity contribution in [3.8, 4) is 0 Å². The first-order valence-electron chi connectivity index (χ1n) is 10.3. The fraction of sp³-hybridized carbons (Fsp3) is 0.571. The molecule has 1 aromatic carbocycles. The lowest BCUT2D eigenvalue weighted by molar-refractivity contribution is 0.168. The number of benzene rings is 1. The number of hydrogen-bond donors (Lipinski definition) is 1. The quantitative estimate of drug-likeness (QED) is 0.819.